The lowest BCUT2D eigenvalue weighted by Crippen LogP contribution is -2.03. The van der Waals surface area contributed by atoms with Crippen LogP contribution in [0.2, 0.25) is 0 Å². The normalized spacial score (nSPS) is 11.0. The zero-order chi connectivity index (χ0) is 47.8. The number of nitrogens with zero attached hydrogens (tertiary/aromatic N) is 13. The van der Waals surface area contributed by atoms with Crippen LogP contribution in [0.3, 0.4) is 0 Å². The summed E-state index contributed by atoms with van der Waals surface area (Å²) in [6.07, 6.45) is 23.9. The average molecular weight is 1050 g/mol. The van der Waals surface area contributed by atoms with Crippen molar-refractivity contribution in [2.45, 2.75) is 31.6 Å². The van der Waals surface area contributed by atoms with Gasteiger partial charge in [0.1, 0.15) is 12.6 Å². The quantitative estimate of drug-likeness (QED) is 0.0601. The number of carbonyl (C=O) groups excluding carboxylic acids is 2. The van der Waals surface area contributed by atoms with Crippen LogP contribution in [0.25, 0.3) is 44.3 Å². The molecular weight excluding hydrogens is 1010 g/mol. The molecule has 8 heterocycles. The third-order valence-corrected chi connectivity index (χ3v) is 11.2. The number of aldehydes is 1. The number of hydrogen-bond donors (Lipinski definition) is 0. The maximum Gasteiger partial charge on any atom is 0.233 e. The van der Waals surface area contributed by atoms with Crippen LogP contribution >= 0.6 is 43.5 Å². The van der Waals surface area contributed by atoms with Crippen molar-refractivity contribution in [2.24, 2.45) is 0 Å². The molecule has 15 nitrogen and oxygen atoms in total. The van der Waals surface area contributed by atoms with Crippen molar-refractivity contribution in [3.05, 3.63) is 208 Å². The monoisotopic (exact) mass is 1050 g/mol. The summed E-state index contributed by atoms with van der Waals surface area (Å²) in [5, 5.41) is 14.9. The van der Waals surface area contributed by atoms with E-state index in [0.717, 1.165) is 83.5 Å². The molecule has 3 aromatic carbocycles. The third kappa shape index (κ3) is 12.8. The Kier molecular flexibility index (Phi) is 16.7. The molecule has 0 radical (unpaired) electrons. The molecule has 0 fully saturated rings. The SMILES string of the molecule is Brc1cnc2ncc(Cc3ccc4ncccc4c3)n2c1.Brc1cncnc1.CC(=O)c1cnc2ncc(Cc3ccc4ncccc4c3)n2c1.N#N.O=CC(Cl)Cc1ccc2ncccc2c1. The molecule has 8 aromatic heterocycles. The molecule has 11 rings (SSSR count). The smallest absolute Gasteiger partial charge is 0.233 e. The molecule has 0 saturated carbocycles. The van der Waals surface area contributed by atoms with Crippen LogP contribution in [0.4, 0.5) is 0 Å². The lowest BCUT2D eigenvalue weighted by Gasteiger charge is -2.05. The molecule has 0 aliphatic rings. The minimum absolute atomic E-state index is 0.00386. The maximum absolute atomic E-state index is 11.5. The predicted molar refractivity (Wildman–Crippen MR) is 267 cm³/mol. The molecule has 0 amide bonds. The summed E-state index contributed by atoms with van der Waals surface area (Å²) in [7, 11) is 0. The highest BCUT2D eigenvalue weighted by molar-refractivity contribution is 9.10. The summed E-state index contributed by atoms with van der Waals surface area (Å²) >= 11 is 12.4. The highest BCUT2D eigenvalue weighted by Crippen LogP contribution is 2.20. The van der Waals surface area contributed by atoms with Crippen molar-refractivity contribution < 1.29 is 9.59 Å². The molecule has 0 aliphatic carbocycles. The number of aromatic nitrogens is 11. The van der Waals surface area contributed by atoms with Gasteiger partial charge in [-0.05, 0) is 116 Å². The van der Waals surface area contributed by atoms with Crippen molar-refractivity contribution in [1.82, 2.24) is 53.7 Å². The van der Waals surface area contributed by atoms with E-state index in [0.29, 0.717) is 17.8 Å². The van der Waals surface area contributed by atoms with E-state index in [4.69, 9.17) is 22.4 Å². The number of halogens is 3. The van der Waals surface area contributed by atoms with Crippen molar-refractivity contribution in [1.29, 1.82) is 10.8 Å². The number of hydrogen-bond acceptors (Lipinski definition) is 13. The lowest BCUT2D eigenvalue weighted by atomic mass is 10.1. The lowest BCUT2D eigenvalue weighted by molar-refractivity contribution is -0.107. The van der Waals surface area contributed by atoms with Crippen LogP contribution in [0.15, 0.2) is 174 Å². The van der Waals surface area contributed by atoms with Gasteiger partial charge in [0.2, 0.25) is 11.6 Å². The fraction of sp³-hybridized carbons (Fsp3) is 0.100. The van der Waals surface area contributed by atoms with Crippen molar-refractivity contribution >= 4 is 99.8 Å². The first-order chi connectivity index (χ1) is 33.2. The standard InChI is InChI=1S/C18H14N4O.C16H11BrN4.C12H10ClNO.C4H3BrN2.N2/c1-12(23)15-9-20-18-21-10-16(22(18)11-15)8-13-4-5-17-14(7-13)3-2-6-19-17;17-13-8-19-16-20-9-14(21(16)10-13)7-11-3-4-15-12(6-11)2-1-5-18-15;13-11(8-15)7-9-3-4-12-10(6-9)2-1-5-14-12;5-4-1-6-3-7-2-4;1-2/h2-7,9-11H,8H2,1H3;1-6,8-10H,7H2;1-6,8,11H,7H2;1-3H;. The Hall–Kier alpha value is -7.78. The van der Waals surface area contributed by atoms with Gasteiger partial charge in [0.15, 0.2) is 5.78 Å². The second kappa shape index (κ2) is 23.6. The summed E-state index contributed by atoms with van der Waals surface area (Å²) in [6.45, 7) is 1.54. The minimum Gasteiger partial charge on any atom is -0.302 e. The molecule has 68 heavy (non-hydrogen) atoms. The van der Waals surface area contributed by atoms with Crippen LogP contribution in [0, 0.1) is 10.8 Å². The number of benzene rings is 3. The fourth-order valence-electron chi connectivity index (χ4n) is 6.96. The number of Topliss-reactive ketones (excluding diaryl/α,β-unsaturated/α-hetero) is 1. The number of pyridine rings is 3. The summed E-state index contributed by atoms with van der Waals surface area (Å²) in [6, 6.07) is 30.4. The molecule has 336 valence electrons. The number of fused-ring (bicyclic) bond motifs is 5. The van der Waals surface area contributed by atoms with Gasteiger partial charge in [0.25, 0.3) is 0 Å². The van der Waals surface area contributed by atoms with E-state index in [1.54, 1.807) is 49.6 Å². The molecular formula is C50H38Br2ClN13O2. The Labute approximate surface area is 411 Å². The first-order valence-corrected chi connectivity index (χ1v) is 22.7. The first-order valence-electron chi connectivity index (χ1n) is 20.7. The third-order valence-electron chi connectivity index (χ3n) is 10.1. The number of rotatable bonds is 8. The van der Waals surface area contributed by atoms with Gasteiger partial charge in [-0.25, -0.2) is 29.9 Å². The van der Waals surface area contributed by atoms with Crippen LogP contribution in [-0.4, -0.2) is 71.1 Å². The van der Waals surface area contributed by atoms with Gasteiger partial charge in [-0.2, -0.15) is 0 Å². The van der Waals surface area contributed by atoms with Gasteiger partial charge in [-0.3, -0.25) is 28.5 Å². The number of ketones is 1. The summed E-state index contributed by atoms with van der Waals surface area (Å²) < 4.78 is 5.74. The molecule has 0 aliphatic heterocycles. The number of carbonyl (C=O) groups is 2. The summed E-state index contributed by atoms with van der Waals surface area (Å²) in [5.41, 5.74) is 9.11. The van der Waals surface area contributed by atoms with Crippen LogP contribution in [0.1, 0.15) is 45.4 Å². The average Bonchev–Trinajstić information content (AvgIpc) is 3.97. The zero-order valence-electron chi connectivity index (χ0n) is 36.1. The van der Waals surface area contributed by atoms with Crippen LogP contribution in [0.5, 0.6) is 0 Å². The molecule has 0 N–H and O–H groups in total. The van der Waals surface area contributed by atoms with E-state index < -0.39 is 5.38 Å². The van der Waals surface area contributed by atoms with Gasteiger partial charge in [-0.15, -0.1) is 11.6 Å². The van der Waals surface area contributed by atoms with Crippen LogP contribution in [-0.2, 0) is 24.1 Å². The van der Waals surface area contributed by atoms with Gasteiger partial charge in [-0.1, -0.05) is 36.4 Å². The van der Waals surface area contributed by atoms with Gasteiger partial charge >= 0.3 is 0 Å². The second-order valence-corrected chi connectivity index (χ2v) is 17.3. The highest BCUT2D eigenvalue weighted by atomic mass is 79.9. The van der Waals surface area contributed by atoms with E-state index in [1.165, 1.54) is 24.4 Å². The van der Waals surface area contributed by atoms with E-state index >= 15 is 0 Å². The zero-order valence-corrected chi connectivity index (χ0v) is 40.1. The van der Waals surface area contributed by atoms with Crippen molar-refractivity contribution in [3.8, 4) is 0 Å². The second-order valence-electron chi connectivity index (χ2n) is 14.9. The van der Waals surface area contributed by atoms with E-state index in [2.05, 4.69) is 119 Å². The Morgan fingerprint density at radius 1 is 0.603 bits per heavy atom. The molecule has 0 spiro atoms. The molecule has 11 aromatic rings. The molecule has 0 bridgehead atoms. The highest BCUT2D eigenvalue weighted by Gasteiger charge is 2.10. The minimum atomic E-state index is -0.445. The van der Waals surface area contributed by atoms with E-state index in [-0.39, 0.29) is 5.78 Å². The molecule has 1 atom stereocenters. The largest absolute Gasteiger partial charge is 0.302 e. The Bertz CT molecular complexity index is 3500. The Morgan fingerprint density at radius 3 is 1.53 bits per heavy atom. The predicted octanol–water partition coefficient (Wildman–Crippen LogP) is 10.6. The van der Waals surface area contributed by atoms with E-state index in [9.17, 15) is 9.59 Å². The Balaban J connectivity index is 0.000000141. The topological polar surface area (TPSA) is 207 Å². The summed E-state index contributed by atoms with van der Waals surface area (Å²) in [5.74, 6) is 1.32. The van der Waals surface area contributed by atoms with Gasteiger partial charge < -0.3 is 4.79 Å². The molecule has 1 unspecified atom stereocenters. The van der Waals surface area contributed by atoms with E-state index in [1.807, 2.05) is 75.9 Å². The summed E-state index contributed by atoms with van der Waals surface area (Å²) in [4.78, 5) is 59.5. The number of imidazole rings is 2. The first kappa shape index (κ1) is 48.2. The fourth-order valence-corrected chi connectivity index (χ4v) is 7.68. The van der Waals surface area contributed by atoms with Gasteiger partial charge in [0.05, 0.1) is 48.8 Å². The maximum atomic E-state index is 11.5. The Morgan fingerprint density at radius 2 is 1.06 bits per heavy atom. The molecule has 0 saturated heterocycles. The number of alkyl halides is 1. The van der Waals surface area contributed by atoms with Gasteiger partial charge in [0, 0.05) is 107 Å². The molecule has 18 heteroatoms. The van der Waals surface area contributed by atoms with Crippen molar-refractivity contribution in [2.75, 3.05) is 0 Å². The van der Waals surface area contributed by atoms with Crippen molar-refractivity contribution in [3.63, 3.8) is 0 Å². The van der Waals surface area contributed by atoms with Crippen LogP contribution < -0.4 is 0 Å².